The van der Waals surface area contributed by atoms with Crippen molar-refractivity contribution in [2.75, 3.05) is 31.1 Å². The van der Waals surface area contributed by atoms with Crippen molar-refractivity contribution in [3.63, 3.8) is 0 Å². The van der Waals surface area contributed by atoms with Gasteiger partial charge in [0.2, 0.25) is 5.91 Å². The Morgan fingerprint density at radius 2 is 1.90 bits per heavy atom. The number of carbonyl (C=O) groups excluding carboxylic acids is 1. The van der Waals surface area contributed by atoms with Gasteiger partial charge in [0.1, 0.15) is 5.82 Å². The quantitative estimate of drug-likeness (QED) is 0.463. The van der Waals surface area contributed by atoms with Crippen LogP contribution in [0.4, 0.5) is 10.1 Å². The predicted octanol–water partition coefficient (Wildman–Crippen LogP) is 4.51. The lowest BCUT2D eigenvalue weighted by Gasteiger charge is -2.36. The Labute approximate surface area is 179 Å². The molecule has 1 aliphatic rings. The zero-order valence-electron chi connectivity index (χ0n) is 16.2. The minimum absolute atomic E-state index is 0.0796. The minimum atomic E-state index is -0.345. The molecule has 1 aromatic heterocycles. The van der Waals surface area contributed by atoms with Gasteiger partial charge in [0.25, 0.3) is 0 Å². The van der Waals surface area contributed by atoms with E-state index >= 15 is 0 Å². The molecule has 3 aromatic rings. The monoisotopic (exact) mass is 419 g/mol. The molecular formula is C24H19ClFN3O. The highest BCUT2D eigenvalue weighted by molar-refractivity contribution is 6.38. The van der Waals surface area contributed by atoms with Crippen molar-refractivity contribution in [1.82, 2.24) is 9.88 Å². The number of amides is 1. The van der Waals surface area contributed by atoms with Gasteiger partial charge in [0.15, 0.2) is 0 Å². The van der Waals surface area contributed by atoms with E-state index < -0.39 is 0 Å². The first-order valence-electron chi connectivity index (χ1n) is 9.54. The molecule has 0 unspecified atom stereocenters. The topological polar surface area (TPSA) is 36.4 Å². The molecule has 30 heavy (non-hydrogen) atoms. The Kier molecular flexibility index (Phi) is 5.43. The van der Waals surface area contributed by atoms with Crippen LogP contribution in [0.1, 0.15) is 5.56 Å². The SMILES string of the molecule is C#Cc1cnc2c(Cl)c(-c3ccccc3F)ccc2c1N1CCN(C(=O)C=C)CC1. The Bertz CT molecular complexity index is 1190. The molecule has 0 spiro atoms. The van der Waals surface area contributed by atoms with E-state index in [0.717, 1.165) is 11.1 Å². The molecule has 6 heteroatoms. The van der Waals surface area contributed by atoms with Crippen LogP contribution in [-0.4, -0.2) is 42.0 Å². The van der Waals surface area contributed by atoms with E-state index in [-0.39, 0.29) is 11.7 Å². The van der Waals surface area contributed by atoms with Gasteiger partial charge in [-0.25, -0.2) is 4.39 Å². The maximum Gasteiger partial charge on any atom is 0.246 e. The van der Waals surface area contributed by atoms with Crippen molar-refractivity contribution in [3.05, 3.63) is 71.7 Å². The Morgan fingerprint density at radius 1 is 1.17 bits per heavy atom. The van der Waals surface area contributed by atoms with Gasteiger partial charge in [-0.15, -0.1) is 6.42 Å². The van der Waals surface area contributed by atoms with E-state index in [9.17, 15) is 9.18 Å². The summed E-state index contributed by atoms with van der Waals surface area (Å²) in [5.41, 5.74) is 3.08. The lowest BCUT2D eigenvalue weighted by Crippen LogP contribution is -2.48. The second-order valence-electron chi connectivity index (χ2n) is 6.98. The zero-order valence-corrected chi connectivity index (χ0v) is 17.0. The molecule has 4 nitrogen and oxygen atoms in total. The maximum absolute atomic E-state index is 14.3. The molecule has 0 aliphatic carbocycles. The molecule has 0 atom stereocenters. The second kappa shape index (κ2) is 8.17. The smallest absolute Gasteiger partial charge is 0.246 e. The average Bonchev–Trinajstić information content (AvgIpc) is 2.79. The summed E-state index contributed by atoms with van der Waals surface area (Å²) >= 11 is 6.67. The zero-order chi connectivity index (χ0) is 21.3. The summed E-state index contributed by atoms with van der Waals surface area (Å²) in [5.74, 6) is 2.28. The van der Waals surface area contributed by atoms with Crippen molar-refractivity contribution in [2.45, 2.75) is 0 Å². The highest BCUT2D eigenvalue weighted by Gasteiger charge is 2.24. The molecule has 0 bridgehead atoms. The first-order chi connectivity index (χ1) is 14.5. The van der Waals surface area contributed by atoms with Crippen molar-refractivity contribution in [3.8, 4) is 23.5 Å². The highest BCUT2D eigenvalue weighted by atomic mass is 35.5. The lowest BCUT2D eigenvalue weighted by molar-refractivity contribution is -0.126. The fourth-order valence-electron chi connectivity index (χ4n) is 3.83. The number of anilines is 1. The molecule has 2 aromatic carbocycles. The van der Waals surface area contributed by atoms with Crippen LogP contribution >= 0.6 is 11.6 Å². The molecule has 150 valence electrons. The third kappa shape index (κ3) is 3.40. The predicted molar refractivity (Wildman–Crippen MR) is 119 cm³/mol. The van der Waals surface area contributed by atoms with Crippen molar-refractivity contribution in [2.24, 2.45) is 0 Å². The number of rotatable bonds is 3. The lowest BCUT2D eigenvalue weighted by atomic mass is 10.0. The van der Waals surface area contributed by atoms with Gasteiger partial charge in [-0.3, -0.25) is 9.78 Å². The summed E-state index contributed by atoms with van der Waals surface area (Å²) < 4.78 is 14.3. The van der Waals surface area contributed by atoms with Crippen LogP contribution in [0, 0.1) is 18.2 Å². The van der Waals surface area contributed by atoms with Gasteiger partial charge in [-0.2, -0.15) is 0 Å². The standard InChI is InChI=1S/C24H19ClFN3O/c1-3-16-15-27-23-19(24(16)29-13-11-28(12-14-29)21(30)4-2)10-9-18(22(23)25)17-7-5-6-8-20(17)26/h1,4-10,15H,2,11-14H2. The first kappa shape index (κ1) is 19.9. The van der Waals surface area contributed by atoms with Crippen LogP contribution in [0.15, 0.2) is 55.3 Å². The summed E-state index contributed by atoms with van der Waals surface area (Å²) in [5, 5.41) is 1.18. The van der Waals surface area contributed by atoms with Gasteiger partial charge in [0.05, 0.1) is 21.8 Å². The molecular weight excluding hydrogens is 401 g/mol. The molecule has 1 fully saturated rings. The third-order valence-corrected chi connectivity index (χ3v) is 5.73. The number of hydrogen-bond acceptors (Lipinski definition) is 3. The van der Waals surface area contributed by atoms with Crippen molar-refractivity contribution in [1.29, 1.82) is 0 Å². The molecule has 0 radical (unpaired) electrons. The van der Waals surface area contributed by atoms with Crippen molar-refractivity contribution >= 4 is 34.1 Å². The number of piperazine rings is 1. The fraction of sp³-hybridized carbons (Fsp3) is 0.167. The third-order valence-electron chi connectivity index (χ3n) is 5.35. The summed E-state index contributed by atoms with van der Waals surface area (Å²) in [6.45, 7) is 5.94. The summed E-state index contributed by atoms with van der Waals surface area (Å²) in [6.07, 6.45) is 8.70. The van der Waals surface area contributed by atoms with E-state index in [2.05, 4.69) is 22.4 Å². The van der Waals surface area contributed by atoms with Crippen LogP contribution in [-0.2, 0) is 4.79 Å². The number of terminal acetylenes is 1. The number of nitrogens with zero attached hydrogens (tertiary/aromatic N) is 3. The molecule has 1 amide bonds. The second-order valence-corrected chi connectivity index (χ2v) is 7.36. The highest BCUT2D eigenvalue weighted by Crippen LogP contribution is 2.39. The Balaban J connectivity index is 1.80. The van der Waals surface area contributed by atoms with E-state index in [1.807, 2.05) is 6.07 Å². The van der Waals surface area contributed by atoms with Gasteiger partial charge in [-0.1, -0.05) is 48.4 Å². The van der Waals surface area contributed by atoms with Crippen LogP contribution in [0.25, 0.3) is 22.0 Å². The van der Waals surface area contributed by atoms with Crippen LogP contribution in [0.3, 0.4) is 0 Å². The number of benzene rings is 2. The normalized spacial score (nSPS) is 13.9. The van der Waals surface area contributed by atoms with Gasteiger partial charge in [-0.05, 0) is 18.2 Å². The van der Waals surface area contributed by atoms with E-state index in [1.165, 1.54) is 12.1 Å². The number of fused-ring (bicyclic) bond motifs is 1. The number of hydrogen-bond donors (Lipinski definition) is 0. The maximum atomic E-state index is 14.3. The van der Waals surface area contributed by atoms with E-state index in [1.54, 1.807) is 35.4 Å². The largest absolute Gasteiger partial charge is 0.366 e. The fourth-order valence-corrected chi connectivity index (χ4v) is 4.15. The number of carbonyl (C=O) groups is 1. The molecule has 0 saturated carbocycles. The molecule has 2 heterocycles. The number of halogens is 2. The van der Waals surface area contributed by atoms with Gasteiger partial charge >= 0.3 is 0 Å². The summed E-state index contributed by atoms with van der Waals surface area (Å²) in [6, 6.07) is 10.2. The van der Waals surface area contributed by atoms with E-state index in [4.69, 9.17) is 18.0 Å². The summed E-state index contributed by atoms with van der Waals surface area (Å²) in [7, 11) is 0. The minimum Gasteiger partial charge on any atom is -0.366 e. The Morgan fingerprint density at radius 3 is 2.57 bits per heavy atom. The van der Waals surface area contributed by atoms with Crippen LogP contribution < -0.4 is 4.90 Å². The van der Waals surface area contributed by atoms with Crippen LogP contribution in [0.5, 0.6) is 0 Å². The van der Waals surface area contributed by atoms with Crippen LogP contribution in [0.2, 0.25) is 5.02 Å². The number of pyridine rings is 1. The first-order valence-corrected chi connectivity index (χ1v) is 9.92. The molecule has 0 N–H and O–H groups in total. The molecule has 1 aliphatic heterocycles. The average molecular weight is 420 g/mol. The summed E-state index contributed by atoms with van der Waals surface area (Å²) in [4.78, 5) is 20.3. The van der Waals surface area contributed by atoms with Gasteiger partial charge in [0, 0.05) is 48.9 Å². The molecule has 4 rings (SSSR count). The van der Waals surface area contributed by atoms with Crippen molar-refractivity contribution < 1.29 is 9.18 Å². The van der Waals surface area contributed by atoms with Gasteiger partial charge < -0.3 is 9.80 Å². The number of aromatic nitrogens is 1. The Hall–Kier alpha value is -3.36. The molecule has 1 saturated heterocycles. The van der Waals surface area contributed by atoms with E-state index in [0.29, 0.717) is 53.4 Å².